The van der Waals surface area contributed by atoms with Crippen molar-refractivity contribution >= 4 is 23.1 Å². The van der Waals surface area contributed by atoms with E-state index >= 15 is 0 Å². The third-order valence-electron chi connectivity index (χ3n) is 4.13. The number of carbonyl (C=O) groups is 1. The van der Waals surface area contributed by atoms with Crippen molar-refractivity contribution < 1.29 is 4.79 Å². The molecule has 2 aromatic rings. The molecule has 2 rings (SSSR count). The lowest BCUT2D eigenvalue weighted by molar-refractivity contribution is 0.252. The van der Waals surface area contributed by atoms with Crippen molar-refractivity contribution in [2.24, 2.45) is 0 Å². The third kappa shape index (κ3) is 5.71. The first kappa shape index (κ1) is 18.6. The normalized spacial score (nSPS) is 10.2. The molecule has 0 fully saturated rings. The van der Waals surface area contributed by atoms with Gasteiger partial charge >= 0.3 is 6.03 Å². The highest BCUT2D eigenvalue weighted by Crippen LogP contribution is 2.21. The maximum atomic E-state index is 12.1. The fourth-order valence-electron chi connectivity index (χ4n) is 2.56. The van der Waals surface area contributed by atoms with Crippen molar-refractivity contribution in [3.05, 3.63) is 54.1 Å². The quantitative estimate of drug-likeness (QED) is 0.756. The minimum absolute atomic E-state index is 0.164. The molecule has 134 valence electrons. The Bertz CT molecular complexity index is 685. The number of amides is 2. The Morgan fingerprint density at radius 2 is 1.72 bits per heavy atom. The van der Waals surface area contributed by atoms with Crippen LogP contribution in [0.3, 0.4) is 0 Å². The van der Waals surface area contributed by atoms with E-state index in [1.807, 2.05) is 56.3 Å². The van der Waals surface area contributed by atoms with Crippen molar-refractivity contribution in [1.29, 1.82) is 0 Å². The standard InChI is InChI=1S/C20H28N4O/c1-16-15-18(23(2)3)11-12-19(16)22-20(25)21-13-8-14-24(4)17-9-6-5-7-10-17/h5-7,9-12,15H,8,13-14H2,1-4H3,(H2,21,22,25). The Morgan fingerprint density at radius 3 is 2.36 bits per heavy atom. The summed E-state index contributed by atoms with van der Waals surface area (Å²) < 4.78 is 0. The molecule has 0 unspecified atom stereocenters. The largest absolute Gasteiger partial charge is 0.378 e. The molecule has 0 bridgehead atoms. The van der Waals surface area contributed by atoms with E-state index in [1.165, 1.54) is 5.69 Å². The van der Waals surface area contributed by atoms with Crippen LogP contribution in [0.4, 0.5) is 21.9 Å². The molecule has 0 saturated heterocycles. The Kier molecular flexibility index (Phi) is 6.69. The fraction of sp³-hybridized carbons (Fsp3) is 0.350. The van der Waals surface area contributed by atoms with E-state index in [1.54, 1.807) is 0 Å². The minimum Gasteiger partial charge on any atom is -0.378 e. The average molecular weight is 340 g/mol. The lowest BCUT2D eigenvalue weighted by atomic mass is 10.1. The molecule has 2 aromatic carbocycles. The van der Waals surface area contributed by atoms with Crippen molar-refractivity contribution in [3.8, 4) is 0 Å². The molecule has 0 heterocycles. The lowest BCUT2D eigenvalue weighted by Gasteiger charge is -2.19. The minimum atomic E-state index is -0.164. The van der Waals surface area contributed by atoms with Gasteiger partial charge in [0.15, 0.2) is 0 Å². The molecular formula is C20H28N4O. The fourth-order valence-corrected chi connectivity index (χ4v) is 2.56. The summed E-state index contributed by atoms with van der Waals surface area (Å²) in [6, 6.07) is 16.1. The van der Waals surface area contributed by atoms with Gasteiger partial charge < -0.3 is 20.4 Å². The molecule has 0 atom stereocenters. The molecule has 0 radical (unpaired) electrons. The maximum absolute atomic E-state index is 12.1. The Balaban J connectivity index is 1.74. The van der Waals surface area contributed by atoms with Crippen LogP contribution in [-0.4, -0.2) is 40.3 Å². The van der Waals surface area contributed by atoms with E-state index in [4.69, 9.17) is 0 Å². The second kappa shape index (κ2) is 8.97. The Hall–Kier alpha value is -2.69. The number of urea groups is 1. The summed E-state index contributed by atoms with van der Waals surface area (Å²) in [6.07, 6.45) is 0.886. The van der Waals surface area contributed by atoms with Gasteiger partial charge in [0.05, 0.1) is 0 Å². The number of hydrogen-bond donors (Lipinski definition) is 2. The zero-order valence-corrected chi connectivity index (χ0v) is 15.5. The van der Waals surface area contributed by atoms with Crippen LogP contribution in [-0.2, 0) is 0 Å². The van der Waals surface area contributed by atoms with Gasteiger partial charge in [-0.05, 0) is 49.2 Å². The van der Waals surface area contributed by atoms with Crippen molar-refractivity contribution in [3.63, 3.8) is 0 Å². The maximum Gasteiger partial charge on any atom is 0.319 e. The van der Waals surface area contributed by atoms with Crippen molar-refractivity contribution in [2.45, 2.75) is 13.3 Å². The molecule has 25 heavy (non-hydrogen) atoms. The van der Waals surface area contributed by atoms with Crippen LogP contribution in [0.1, 0.15) is 12.0 Å². The van der Waals surface area contributed by atoms with Gasteiger partial charge in [0, 0.05) is 51.3 Å². The van der Waals surface area contributed by atoms with Crippen LogP contribution in [0.5, 0.6) is 0 Å². The molecule has 5 heteroatoms. The highest BCUT2D eigenvalue weighted by atomic mass is 16.2. The second-order valence-electron chi connectivity index (χ2n) is 6.39. The summed E-state index contributed by atoms with van der Waals surface area (Å²) >= 11 is 0. The molecular weight excluding hydrogens is 312 g/mol. The highest BCUT2D eigenvalue weighted by Gasteiger charge is 2.06. The summed E-state index contributed by atoms with van der Waals surface area (Å²) in [7, 11) is 6.06. The predicted molar refractivity (Wildman–Crippen MR) is 107 cm³/mol. The molecule has 0 aliphatic rings. The van der Waals surface area contributed by atoms with Crippen LogP contribution in [0.2, 0.25) is 0 Å². The smallest absolute Gasteiger partial charge is 0.319 e. The number of nitrogens with one attached hydrogen (secondary N) is 2. The molecule has 0 aliphatic heterocycles. The number of para-hydroxylation sites is 1. The summed E-state index contributed by atoms with van der Waals surface area (Å²) in [5, 5.41) is 5.83. The predicted octanol–water partition coefficient (Wildman–Crippen LogP) is 3.71. The van der Waals surface area contributed by atoms with E-state index < -0.39 is 0 Å². The van der Waals surface area contributed by atoms with E-state index in [9.17, 15) is 4.79 Å². The first-order valence-corrected chi connectivity index (χ1v) is 8.56. The molecule has 0 spiro atoms. The van der Waals surface area contributed by atoms with Crippen LogP contribution in [0.15, 0.2) is 48.5 Å². The van der Waals surface area contributed by atoms with Crippen LogP contribution in [0, 0.1) is 6.92 Å². The third-order valence-corrected chi connectivity index (χ3v) is 4.13. The molecule has 0 saturated carbocycles. The molecule has 2 N–H and O–H groups in total. The summed E-state index contributed by atoms with van der Waals surface area (Å²) in [5.41, 5.74) is 4.19. The number of aryl methyl sites for hydroxylation is 1. The summed E-state index contributed by atoms with van der Waals surface area (Å²) in [4.78, 5) is 16.3. The average Bonchev–Trinajstić information content (AvgIpc) is 2.61. The van der Waals surface area contributed by atoms with Gasteiger partial charge in [-0.1, -0.05) is 18.2 Å². The van der Waals surface area contributed by atoms with Crippen molar-refractivity contribution in [1.82, 2.24) is 5.32 Å². The van der Waals surface area contributed by atoms with Gasteiger partial charge in [0.1, 0.15) is 0 Å². The first-order valence-electron chi connectivity index (χ1n) is 8.56. The Morgan fingerprint density at radius 1 is 1.00 bits per heavy atom. The first-order chi connectivity index (χ1) is 12.0. The number of hydrogen-bond acceptors (Lipinski definition) is 3. The molecule has 0 aromatic heterocycles. The monoisotopic (exact) mass is 340 g/mol. The second-order valence-corrected chi connectivity index (χ2v) is 6.39. The summed E-state index contributed by atoms with van der Waals surface area (Å²) in [6.45, 7) is 3.52. The number of benzene rings is 2. The zero-order valence-electron chi connectivity index (χ0n) is 15.5. The van der Waals surface area contributed by atoms with Gasteiger partial charge in [0.2, 0.25) is 0 Å². The van der Waals surface area contributed by atoms with Crippen molar-refractivity contribution in [2.75, 3.05) is 49.3 Å². The summed E-state index contributed by atoms with van der Waals surface area (Å²) in [5.74, 6) is 0. The van der Waals surface area contributed by atoms with Crippen LogP contribution < -0.4 is 20.4 Å². The lowest BCUT2D eigenvalue weighted by Crippen LogP contribution is -2.31. The number of rotatable bonds is 7. The number of nitrogens with zero attached hydrogens (tertiary/aromatic N) is 2. The van der Waals surface area contributed by atoms with Gasteiger partial charge in [0.25, 0.3) is 0 Å². The highest BCUT2D eigenvalue weighted by molar-refractivity contribution is 5.90. The van der Waals surface area contributed by atoms with Gasteiger partial charge in [-0.3, -0.25) is 0 Å². The Labute approximate surface area is 150 Å². The van der Waals surface area contributed by atoms with E-state index in [0.717, 1.165) is 29.9 Å². The zero-order chi connectivity index (χ0) is 18.2. The SMILES string of the molecule is Cc1cc(N(C)C)ccc1NC(=O)NCCCN(C)c1ccccc1. The van der Waals surface area contributed by atoms with Gasteiger partial charge in [-0.2, -0.15) is 0 Å². The molecule has 2 amide bonds. The van der Waals surface area contributed by atoms with E-state index in [2.05, 4.69) is 40.8 Å². The number of carbonyl (C=O) groups excluding carboxylic acids is 1. The number of anilines is 3. The van der Waals surface area contributed by atoms with Gasteiger partial charge in [-0.25, -0.2) is 4.79 Å². The van der Waals surface area contributed by atoms with Crippen LogP contribution >= 0.6 is 0 Å². The van der Waals surface area contributed by atoms with Gasteiger partial charge in [-0.15, -0.1) is 0 Å². The van der Waals surface area contributed by atoms with Crippen LogP contribution in [0.25, 0.3) is 0 Å². The molecule has 5 nitrogen and oxygen atoms in total. The van der Waals surface area contributed by atoms with E-state index in [-0.39, 0.29) is 6.03 Å². The topological polar surface area (TPSA) is 47.6 Å². The van der Waals surface area contributed by atoms with E-state index in [0.29, 0.717) is 6.54 Å². The molecule has 0 aliphatic carbocycles.